The van der Waals surface area contributed by atoms with Crippen LogP contribution in [0, 0.1) is 0 Å². The molecular weight excluding hydrogens is 328 g/mol. The van der Waals surface area contributed by atoms with Crippen molar-refractivity contribution in [2.24, 2.45) is 0 Å². The summed E-state index contributed by atoms with van der Waals surface area (Å²) >= 11 is 1.68. The summed E-state index contributed by atoms with van der Waals surface area (Å²) in [5.41, 5.74) is 1.18. The van der Waals surface area contributed by atoms with E-state index in [9.17, 15) is 14.4 Å². The first kappa shape index (κ1) is 16.9. The number of hydrogen-bond acceptors (Lipinski definition) is 5. The fourth-order valence-electron chi connectivity index (χ4n) is 3.16. The Labute approximate surface area is 145 Å². The van der Waals surface area contributed by atoms with E-state index in [0.29, 0.717) is 6.54 Å². The van der Waals surface area contributed by atoms with Gasteiger partial charge in [0.25, 0.3) is 5.91 Å². The minimum atomic E-state index is -0.707. The number of aryl methyl sites for hydroxylation is 2. The molecule has 1 saturated heterocycles. The first-order valence-corrected chi connectivity index (χ1v) is 8.96. The van der Waals surface area contributed by atoms with Crippen molar-refractivity contribution in [3.8, 4) is 0 Å². The molecule has 130 valence electrons. The van der Waals surface area contributed by atoms with E-state index >= 15 is 0 Å². The van der Waals surface area contributed by atoms with E-state index in [4.69, 9.17) is 0 Å². The van der Waals surface area contributed by atoms with Gasteiger partial charge in [0.1, 0.15) is 11.0 Å². The fourth-order valence-corrected chi connectivity index (χ4v) is 4.37. The highest BCUT2D eigenvalue weighted by Crippen LogP contribution is 2.27. The molecule has 24 heavy (non-hydrogen) atoms. The smallest absolute Gasteiger partial charge is 0.326 e. The molecule has 4 amide bonds. The molecule has 0 bridgehead atoms. The second kappa shape index (κ2) is 6.51. The van der Waals surface area contributed by atoms with E-state index in [-0.39, 0.29) is 24.3 Å². The maximum absolute atomic E-state index is 12.4. The Balaban J connectivity index is 1.62. The molecule has 1 aromatic heterocycles. The number of nitrogens with zero attached hydrogens (tertiary/aromatic N) is 4. The SMILES string of the molecule is CN(Cc1nc2c(s1)CCCC2)C(=O)C[C@H]1C(=O)N(C)C(=O)N1C. The van der Waals surface area contributed by atoms with Crippen LogP contribution < -0.4 is 0 Å². The Morgan fingerprint density at radius 3 is 2.62 bits per heavy atom. The van der Waals surface area contributed by atoms with Crippen molar-refractivity contribution in [3.63, 3.8) is 0 Å². The molecule has 7 nitrogen and oxygen atoms in total. The molecule has 0 radical (unpaired) electrons. The summed E-state index contributed by atoms with van der Waals surface area (Å²) in [5, 5.41) is 0.942. The van der Waals surface area contributed by atoms with Gasteiger partial charge in [-0.1, -0.05) is 0 Å². The maximum atomic E-state index is 12.4. The highest BCUT2D eigenvalue weighted by atomic mass is 32.1. The molecule has 8 heteroatoms. The van der Waals surface area contributed by atoms with Gasteiger partial charge in [-0.15, -0.1) is 11.3 Å². The van der Waals surface area contributed by atoms with Crippen LogP contribution in [0.3, 0.4) is 0 Å². The number of likely N-dealkylation sites (N-methyl/N-ethyl adjacent to an activating group) is 2. The third-order valence-corrected chi connectivity index (χ3v) is 5.87. The van der Waals surface area contributed by atoms with Gasteiger partial charge in [-0.3, -0.25) is 14.5 Å². The second-order valence-corrected chi connectivity index (χ2v) is 7.61. The molecule has 2 heterocycles. The van der Waals surface area contributed by atoms with Crippen LogP contribution in [0.5, 0.6) is 0 Å². The van der Waals surface area contributed by atoms with Crippen molar-refractivity contribution in [2.75, 3.05) is 21.1 Å². The van der Waals surface area contributed by atoms with Gasteiger partial charge in [-0.2, -0.15) is 0 Å². The average Bonchev–Trinajstić information content (AvgIpc) is 3.05. The predicted molar refractivity (Wildman–Crippen MR) is 89.6 cm³/mol. The molecule has 1 aromatic rings. The number of hydrogen-bond donors (Lipinski definition) is 0. The van der Waals surface area contributed by atoms with E-state index < -0.39 is 6.04 Å². The van der Waals surface area contributed by atoms with Gasteiger partial charge < -0.3 is 9.80 Å². The largest absolute Gasteiger partial charge is 0.339 e. The van der Waals surface area contributed by atoms with Crippen LogP contribution in [0.25, 0.3) is 0 Å². The summed E-state index contributed by atoms with van der Waals surface area (Å²) in [6, 6.07) is -1.07. The topological polar surface area (TPSA) is 73.8 Å². The third kappa shape index (κ3) is 3.02. The van der Waals surface area contributed by atoms with E-state index in [2.05, 4.69) is 4.98 Å². The van der Waals surface area contributed by atoms with Crippen LogP contribution in [0.15, 0.2) is 0 Å². The molecule has 3 rings (SSSR count). The van der Waals surface area contributed by atoms with Crippen molar-refractivity contribution in [1.29, 1.82) is 0 Å². The van der Waals surface area contributed by atoms with Gasteiger partial charge in [0.15, 0.2) is 0 Å². The van der Waals surface area contributed by atoms with Gasteiger partial charge in [-0.25, -0.2) is 9.78 Å². The number of urea groups is 1. The minimum absolute atomic E-state index is 0.00695. The lowest BCUT2D eigenvalue weighted by atomic mass is 10.0. The Hall–Kier alpha value is -1.96. The van der Waals surface area contributed by atoms with E-state index in [0.717, 1.165) is 22.7 Å². The van der Waals surface area contributed by atoms with Gasteiger partial charge in [-0.05, 0) is 25.7 Å². The number of imide groups is 1. The number of amides is 4. The summed E-state index contributed by atoms with van der Waals surface area (Å²) in [7, 11) is 4.71. The molecule has 1 aliphatic heterocycles. The van der Waals surface area contributed by atoms with Crippen LogP contribution in [0.1, 0.15) is 34.8 Å². The van der Waals surface area contributed by atoms with Crippen LogP contribution in [0.4, 0.5) is 4.79 Å². The van der Waals surface area contributed by atoms with Gasteiger partial charge >= 0.3 is 6.03 Å². The van der Waals surface area contributed by atoms with E-state index in [1.807, 2.05) is 0 Å². The Bertz CT molecular complexity index is 663. The normalized spacial score (nSPS) is 20.5. The summed E-state index contributed by atoms with van der Waals surface area (Å²) in [6.07, 6.45) is 4.51. The van der Waals surface area contributed by atoms with Crippen LogP contribution >= 0.6 is 11.3 Å². The van der Waals surface area contributed by atoms with Crippen molar-refractivity contribution >= 4 is 29.2 Å². The third-order valence-electron chi connectivity index (χ3n) is 4.73. The van der Waals surface area contributed by atoms with Gasteiger partial charge in [0, 0.05) is 26.0 Å². The summed E-state index contributed by atoms with van der Waals surface area (Å²) in [5.74, 6) is -0.481. The van der Waals surface area contributed by atoms with E-state index in [1.54, 1.807) is 30.3 Å². The van der Waals surface area contributed by atoms with E-state index in [1.165, 1.54) is 35.4 Å². The molecule has 1 fully saturated rings. The molecule has 2 aliphatic rings. The summed E-state index contributed by atoms with van der Waals surface area (Å²) < 4.78 is 0. The first-order chi connectivity index (χ1) is 11.4. The molecule has 0 spiro atoms. The molecular formula is C16H22N4O3S. The Morgan fingerprint density at radius 2 is 2.00 bits per heavy atom. The van der Waals surface area contributed by atoms with Crippen LogP contribution in [0.2, 0.25) is 0 Å². The number of thiazole rings is 1. The zero-order valence-electron chi connectivity index (χ0n) is 14.2. The summed E-state index contributed by atoms with van der Waals surface area (Å²) in [4.78, 5) is 46.3. The van der Waals surface area contributed by atoms with Crippen molar-refractivity contribution in [3.05, 3.63) is 15.6 Å². The number of carbonyl (C=O) groups excluding carboxylic acids is 3. The number of fused-ring (bicyclic) bond motifs is 1. The van der Waals surface area contributed by atoms with Crippen LogP contribution in [-0.4, -0.2) is 64.7 Å². The lowest BCUT2D eigenvalue weighted by molar-refractivity contribution is -0.135. The molecule has 0 N–H and O–H groups in total. The molecule has 0 aromatic carbocycles. The Morgan fingerprint density at radius 1 is 1.29 bits per heavy atom. The second-order valence-electron chi connectivity index (χ2n) is 6.45. The van der Waals surface area contributed by atoms with Crippen molar-refractivity contribution in [1.82, 2.24) is 19.7 Å². The summed E-state index contributed by atoms with van der Waals surface area (Å²) in [6.45, 7) is 0.449. The van der Waals surface area contributed by atoms with Crippen molar-refractivity contribution < 1.29 is 14.4 Å². The number of rotatable bonds is 4. The molecule has 1 atom stereocenters. The van der Waals surface area contributed by atoms with Gasteiger partial charge in [0.05, 0.1) is 18.7 Å². The van der Waals surface area contributed by atoms with Crippen LogP contribution in [-0.2, 0) is 29.0 Å². The average molecular weight is 350 g/mol. The quantitative estimate of drug-likeness (QED) is 0.767. The minimum Gasteiger partial charge on any atom is -0.339 e. The van der Waals surface area contributed by atoms with Gasteiger partial charge in [0.2, 0.25) is 5.91 Å². The lowest BCUT2D eigenvalue weighted by Gasteiger charge is -2.20. The van der Waals surface area contributed by atoms with Crippen molar-refractivity contribution in [2.45, 2.75) is 44.7 Å². The predicted octanol–water partition coefficient (Wildman–Crippen LogP) is 1.26. The highest BCUT2D eigenvalue weighted by Gasteiger charge is 2.42. The maximum Gasteiger partial charge on any atom is 0.326 e. The molecule has 0 unspecified atom stereocenters. The Kier molecular flexibility index (Phi) is 4.58. The molecule has 1 aliphatic carbocycles. The zero-order chi connectivity index (χ0) is 17.4. The number of aromatic nitrogens is 1. The number of carbonyl (C=O) groups is 3. The first-order valence-electron chi connectivity index (χ1n) is 8.14. The standard InChI is InChI=1S/C16H22N4O3S/c1-18(9-13-17-10-6-4-5-7-12(10)24-13)14(21)8-11-15(22)20(3)16(23)19(11)2/h11H,4-9H2,1-3H3/t11-/m0/s1. The monoisotopic (exact) mass is 350 g/mol. The fraction of sp³-hybridized carbons (Fsp3) is 0.625. The zero-order valence-corrected chi connectivity index (χ0v) is 15.1. The highest BCUT2D eigenvalue weighted by molar-refractivity contribution is 7.11. The molecule has 0 saturated carbocycles. The lowest BCUT2D eigenvalue weighted by Crippen LogP contribution is -2.38.